The predicted molar refractivity (Wildman–Crippen MR) is 74.5 cm³/mol. The third-order valence-electron chi connectivity index (χ3n) is 4.05. The Labute approximate surface area is 115 Å². The molecule has 2 unspecified atom stereocenters. The van der Waals surface area contributed by atoms with Gasteiger partial charge in [0.05, 0.1) is 17.6 Å². The summed E-state index contributed by atoms with van der Waals surface area (Å²) < 4.78 is 22.8. The first-order valence-electron chi connectivity index (χ1n) is 6.97. The van der Waals surface area contributed by atoms with Gasteiger partial charge < -0.3 is 0 Å². The van der Waals surface area contributed by atoms with Gasteiger partial charge in [-0.3, -0.25) is 10.2 Å². The van der Waals surface area contributed by atoms with Crippen molar-refractivity contribution in [1.29, 1.82) is 5.26 Å². The van der Waals surface area contributed by atoms with Gasteiger partial charge in [-0.15, -0.1) is 0 Å². The highest BCUT2D eigenvalue weighted by Gasteiger charge is 2.35. The van der Waals surface area contributed by atoms with Crippen LogP contribution in [-0.4, -0.2) is 55.5 Å². The van der Waals surface area contributed by atoms with Crippen LogP contribution in [0.25, 0.3) is 0 Å². The van der Waals surface area contributed by atoms with E-state index in [2.05, 4.69) is 23.2 Å². The van der Waals surface area contributed by atoms with Crippen LogP contribution in [0.4, 0.5) is 0 Å². The fourth-order valence-corrected chi connectivity index (χ4v) is 3.93. The van der Waals surface area contributed by atoms with Gasteiger partial charge in [-0.1, -0.05) is 0 Å². The summed E-state index contributed by atoms with van der Waals surface area (Å²) in [6.45, 7) is 5.22. The average molecular weight is 285 g/mol. The molecule has 2 aliphatic rings. The lowest BCUT2D eigenvalue weighted by atomic mass is 9.94. The molecule has 108 valence electrons. The summed E-state index contributed by atoms with van der Waals surface area (Å²) in [6.07, 6.45) is 3.06. The standard InChI is InChI=1S/C13H23N3O2S/c1-11(16-5-7-19(17,18)8-6-16)9-13(2,10-14)15-12-3-4-12/h11-12,15H,3-9H2,1-2H3. The fourth-order valence-electron chi connectivity index (χ4n) is 2.70. The van der Waals surface area contributed by atoms with Gasteiger partial charge in [0, 0.05) is 25.2 Å². The molecule has 1 saturated heterocycles. The van der Waals surface area contributed by atoms with E-state index in [0.29, 0.717) is 19.1 Å². The smallest absolute Gasteiger partial charge is 0.152 e. The Morgan fingerprint density at radius 3 is 2.47 bits per heavy atom. The topological polar surface area (TPSA) is 73.2 Å². The molecule has 1 aliphatic heterocycles. The molecule has 0 radical (unpaired) electrons. The highest BCUT2D eigenvalue weighted by Crippen LogP contribution is 2.25. The third kappa shape index (κ3) is 4.16. The second-order valence-electron chi connectivity index (χ2n) is 6.10. The minimum absolute atomic E-state index is 0.228. The maximum atomic E-state index is 11.4. The molecule has 0 spiro atoms. The zero-order valence-corrected chi connectivity index (χ0v) is 12.5. The molecule has 0 aromatic rings. The lowest BCUT2D eigenvalue weighted by Gasteiger charge is -2.36. The number of sulfone groups is 1. The molecule has 1 saturated carbocycles. The van der Waals surface area contributed by atoms with E-state index in [9.17, 15) is 13.7 Å². The zero-order valence-electron chi connectivity index (χ0n) is 11.7. The minimum atomic E-state index is -2.83. The molecule has 0 aromatic carbocycles. The summed E-state index contributed by atoms with van der Waals surface area (Å²) in [5.41, 5.74) is -0.503. The Bertz CT molecular complexity index is 453. The Morgan fingerprint density at radius 2 is 2.00 bits per heavy atom. The van der Waals surface area contributed by atoms with E-state index in [1.165, 1.54) is 0 Å². The SMILES string of the molecule is CC(CC(C)(C#N)NC1CC1)N1CCS(=O)(=O)CC1. The molecule has 2 rings (SSSR count). The molecule has 0 amide bonds. The van der Waals surface area contributed by atoms with Crippen LogP contribution in [0, 0.1) is 11.3 Å². The van der Waals surface area contributed by atoms with Crippen molar-refractivity contribution in [3.8, 4) is 6.07 Å². The highest BCUT2D eigenvalue weighted by molar-refractivity contribution is 7.91. The van der Waals surface area contributed by atoms with E-state index in [1.807, 2.05) is 6.92 Å². The van der Waals surface area contributed by atoms with Crippen LogP contribution in [0.1, 0.15) is 33.1 Å². The van der Waals surface area contributed by atoms with Crippen molar-refractivity contribution in [2.75, 3.05) is 24.6 Å². The first-order valence-corrected chi connectivity index (χ1v) is 8.79. The van der Waals surface area contributed by atoms with Crippen molar-refractivity contribution >= 4 is 9.84 Å². The van der Waals surface area contributed by atoms with Crippen LogP contribution >= 0.6 is 0 Å². The third-order valence-corrected chi connectivity index (χ3v) is 5.66. The lowest BCUT2D eigenvalue weighted by molar-refractivity contribution is 0.188. The van der Waals surface area contributed by atoms with E-state index < -0.39 is 15.4 Å². The van der Waals surface area contributed by atoms with Gasteiger partial charge in [0.25, 0.3) is 0 Å². The van der Waals surface area contributed by atoms with Crippen molar-refractivity contribution in [3.05, 3.63) is 0 Å². The Kier molecular flexibility index (Phi) is 4.19. The number of hydrogen-bond acceptors (Lipinski definition) is 5. The first-order chi connectivity index (χ1) is 8.84. The van der Waals surface area contributed by atoms with E-state index >= 15 is 0 Å². The van der Waals surface area contributed by atoms with Gasteiger partial charge in [-0.05, 0) is 33.1 Å². The lowest BCUT2D eigenvalue weighted by Crippen LogP contribution is -2.51. The van der Waals surface area contributed by atoms with E-state index in [0.717, 1.165) is 19.3 Å². The predicted octanol–water partition coefficient (Wildman–Crippen LogP) is 0.530. The monoisotopic (exact) mass is 285 g/mol. The minimum Gasteiger partial charge on any atom is -0.299 e. The molecule has 2 fully saturated rings. The average Bonchev–Trinajstić information content (AvgIpc) is 3.12. The number of rotatable bonds is 5. The maximum absolute atomic E-state index is 11.4. The first kappa shape index (κ1) is 14.8. The van der Waals surface area contributed by atoms with E-state index in [4.69, 9.17) is 0 Å². The van der Waals surface area contributed by atoms with Gasteiger partial charge in [0.2, 0.25) is 0 Å². The summed E-state index contributed by atoms with van der Waals surface area (Å²) in [6, 6.07) is 3.11. The molecular weight excluding hydrogens is 262 g/mol. The Morgan fingerprint density at radius 1 is 1.42 bits per heavy atom. The molecule has 19 heavy (non-hydrogen) atoms. The second kappa shape index (κ2) is 5.39. The van der Waals surface area contributed by atoms with Crippen LogP contribution in [0.2, 0.25) is 0 Å². The van der Waals surface area contributed by atoms with Crippen LogP contribution < -0.4 is 5.32 Å². The van der Waals surface area contributed by atoms with E-state index in [-0.39, 0.29) is 17.5 Å². The maximum Gasteiger partial charge on any atom is 0.152 e. The molecule has 0 aromatic heterocycles. The molecule has 1 heterocycles. The summed E-state index contributed by atoms with van der Waals surface area (Å²) in [7, 11) is -2.83. The number of nitrogens with one attached hydrogen (secondary N) is 1. The van der Waals surface area contributed by atoms with Crippen LogP contribution in [0.3, 0.4) is 0 Å². The second-order valence-corrected chi connectivity index (χ2v) is 8.41. The van der Waals surface area contributed by atoms with Gasteiger partial charge >= 0.3 is 0 Å². The van der Waals surface area contributed by atoms with Gasteiger partial charge in [0.15, 0.2) is 9.84 Å². The number of nitriles is 1. The van der Waals surface area contributed by atoms with Crippen LogP contribution in [-0.2, 0) is 9.84 Å². The van der Waals surface area contributed by atoms with Gasteiger partial charge in [-0.2, -0.15) is 5.26 Å². The fraction of sp³-hybridized carbons (Fsp3) is 0.923. The van der Waals surface area contributed by atoms with Gasteiger partial charge in [-0.25, -0.2) is 8.42 Å². The van der Waals surface area contributed by atoms with Crippen LogP contribution in [0.15, 0.2) is 0 Å². The Hall–Kier alpha value is -0.640. The van der Waals surface area contributed by atoms with Crippen LogP contribution in [0.5, 0.6) is 0 Å². The van der Waals surface area contributed by atoms with Gasteiger partial charge in [0.1, 0.15) is 5.54 Å². The van der Waals surface area contributed by atoms with Crippen molar-refractivity contribution < 1.29 is 8.42 Å². The van der Waals surface area contributed by atoms with Crippen molar-refractivity contribution in [1.82, 2.24) is 10.2 Å². The molecular formula is C13H23N3O2S. The molecule has 0 bridgehead atoms. The van der Waals surface area contributed by atoms with Crippen molar-refractivity contribution in [3.63, 3.8) is 0 Å². The summed E-state index contributed by atoms with van der Waals surface area (Å²) in [5.74, 6) is 0.493. The summed E-state index contributed by atoms with van der Waals surface area (Å²) >= 11 is 0. The Balaban J connectivity index is 1.89. The number of nitrogens with zero attached hydrogens (tertiary/aromatic N) is 2. The highest BCUT2D eigenvalue weighted by atomic mass is 32.2. The normalized spacial score (nSPS) is 28.3. The van der Waals surface area contributed by atoms with E-state index in [1.54, 1.807) is 0 Å². The molecule has 2 atom stereocenters. The molecule has 1 aliphatic carbocycles. The largest absolute Gasteiger partial charge is 0.299 e. The van der Waals surface area contributed by atoms with Crippen molar-refractivity contribution in [2.45, 2.75) is 50.7 Å². The van der Waals surface area contributed by atoms with Crippen molar-refractivity contribution in [2.24, 2.45) is 0 Å². The zero-order chi connectivity index (χ0) is 14.1. The number of hydrogen-bond donors (Lipinski definition) is 1. The molecule has 5 nitrogen and oxygen atoms in total. The molecule has 1 N–H and O–H groups in total. The summed E-state index contributed by atoms with van der Waals surface area (Å²) in [5, 5.41) is 12.8. The quantitative estimate of drug-likeness (QED) is 0.797. The molecule has 6 heteroatoms. The summed E-state index contributed by atoms with van der Waals surface area (Å²) in [4.78, 5) is 2.19.